The van der Waals surface area contributed by atoms with Gasteiger partial charge in [-0.25, -0.2) is 14.4 Å². The molecule has 2 heterocycles. The monoisotopic (exact) mass is 366 g/mol. The van der Waals surface area contributed by atoms with E-state index in [-0.39, 0.29) is 18.1 Å². The third-order valence-electron chi connectivity index (χ3n) is 4.46. The van der Waals surface area contributed by atoms with Gasteiger partial charge >= 0.3 is 0 Å². The standard InChI is InChI=1S/C20H19FN4O2/c21-15-3-1-2-14(10-15)11-19(26)24-16-4-5-17-18(12-16)22-13-23-20(17)25-6-8-27-9-7-25/h1-5,10,12-13H,6-9,11H2,(H,24,26). The number of anilines is 2. The van der Waals surface area contributed by atoms with Crippen molar-refractivity contribution in [2.45, 2.75) is 6.42 Å². The summed E-state index contributed by atoms with van der Waals surface area (Å²) in [4.78, 5) is 23.2. The van der Waals surface area contributed by atoms with Crippen LogP contribution < -0.4 is 10.2 Å². The molecule has 0 aliphatic carbocycles. The molecule has 2 aromatic carbocycles. The Bertz CT molecular complexity index is 973. The number of fused-ring (bicyclic) bond motifs is 1. The lowest BCUT2D eigenvalue weighted by Crippen LogP contribution is -2.36. The fourth-order valence-corrected chi connectivity index (χ4v) is 3.19. The minimum absolute atomic E-state index is 0.110. The molecule has 0 saturated carbocycles. The summed E-state index contributed by atoms with van der Waals surface area (Å²) in [5.74, 6) is 0.321. The van der Waals surface area contributed by atoms with E-state index in [4.69, 9.17) is 4.74 Å². The van der Waals surface area contributed by atoms with E-state index < -0.39 is 0 Å². The second-order valence-corrected chi connectivity index (χ2v) is 6.38. The van der Waals surface area contributed by atoms with Gasteiger partial charge in [-0.15, -0.1) is 0 Å². The van der Waals surface area contributed by atoms with E-state index in [1.807, 2.05) is 18.2 Å². The number of amides is 1. The van der Waals surface area contributed by atoms with Gasteiger partial charge in [-0.1, -0.05) is 12.1 Å². The number of carbonyl (C=O) groups excluding carboxylic acids is 1. The molecule has 1 aliphatic rings. The van der Waals surface area contributed by atoms with E-state index in [1.54, 1.807) is 12.1 Å². The molecule has 1 saturated heterocycles. The van der Waals surface area contributed by atoms with Crippen LogP contribution in [0.2, 0.25) is 0 Å². The van der Waals surface area contributed by atoms with Crippen molar-refractivity contribution >= 4 is 28.3 Å². The van der Waals surface area contributed by atoms with Crippen LogP contribution in [0.4, 0.5) is 15.9 Å². The molecule has 3 aromatic rings. The number of hydrogen-bond acceptors (Lipinski definition) is 5. The summed E-state index contributed by atoms with van der Waals surface area (Å²) >= 11 is 0. The number of aromatic nitrogens is 2. The van der Waals surface area contributed by atoms with Crippen molar-refractivity contribution in [3.05, 3.63) is 60.2 Å². The van der Waals surface area contributed by atoms with Gasteiger partial charge < -0.3 is 15.0 Å². The van der Waals surface area contributed by atoms with E-state index in [0.29, 0.717) is 24.5 Å². The van der Waals surface area contributed by atoms with Gasteiger partial charge in [0.15, 0.2) is 0 Å². The fraction of sp³-hybridized carbons (Fsp3) is 0.250. The Morgan fingerprint density at radius 3 is 2.81 bits per heavy atom. The summed E-state index contributed by atoms with van der Waals surface area (Å²) < 4.78 is 18.6. The van der Waals surface area contributed by atoms with Gasteiger partial charge in [0.2, 0.25) is 5.91 Å². The molecule has 0 bridgehead atoms. The minimum Gasteiger partial charge on any atom is -0.378 e. The van der Waals surface area contributed by atoms with Crippen LogP contribution in [0.3, 0.4) is 0 Å². The fourth-order valence-electron chi connectivity index (χ4n) is 3.19. The normalized spacial score (nSPS) is 14.3. The zero-order valence-corrected chi connectivity index (χ0v) is 14.7. The van der Waals surface area contributed by atoms with Gasteiger partial charge in [-0.05, 0) is 35.9 Å². The maximum Gasteiger partial charge on any atom is 0.228 e. The molecule has 0 radical (unpaired) electrons. The first-order valence-corrected chi connectivity index (χ1v) is 8.81. The first-order valence-electron chi connectivity index (χ1n) is 8.81. The summed E-state index contributed by atoms with van der Waals surface area (Å²) in [6.45, 7) is 2.94. The van der Waals surface area contributed by atoms with Gasteiger partial charge in [0, 0.05) is 24.2 Å². The quantitative estimate of drug-likeness (QED) is 0.769. The number of rotatable bonds is 4. The van der Waals surface area contributed by atoms with E-state index in [1.165, 1.54) is 18.5 Å². The number of ether oxygens (including phenoxy) is 1. The molecule has 1 aliphatic heterocycles. The second kappa shape index (κ2) is 7.67. The van der Waals surface area contributed by atoms with Gasteiger partial charge in [0.05, 0.1) is 25.2 Å². The molecule has 1 aromatic heterocycles. The van der Waals surface area contributed by atoms with E-state index in [0.717, 1.165) is 29.8 Å². The van der Waals surface area contributed by atoms with E-state index in [9.17, 15) is 9.18 Å². The molecule has 27 heavy (non-hydrogen) atoms. The van der Waals surface area contributed by atoms with Crippen LogP contribution >= 0.6 is 0 Å². The summed E-state index contributed by atoms with van der Waals surface area (Å²) in [7, 11) is 0. The van der Waals surface area contributed by atoms with Crippen LogP contribution in [-0.4, -0.2) is 42.2 Å². The van der Waals surface area contributed by atoms with Crippen molar-refractivity contribution in [3.63, 3.8) is 0 Å². The Morgan fingerprint density at radius 1 is 1.15 bits per heavy atom. The SMILES string of the molecule is O=C(Cc1cccc(F)c1)Nc1ccc2c(N3CCOCC3)ncnc2c1. The van der Waals surface area contributed by atoms with E-state index >= 15 is 0 Å². The summed E-state index contributed by atoms with van der Waals surface area (Å²) in [5.41, 5.74) is 2.04. The van der Waals surface area contributed by atoms with Gasteiger partial charge in [-0.3, -0.25) is 4.79 Å². The smallest absolute Gasteiger partial charge is 0.228 e. The number of halogens is 1. The van der Waals surface area contributed by atoms with Gasteiger partial charge in [-0.2, -0.15) is 0 Å². The maximum atomic E-state index is 13.3. The Morgan fingerprint density at radius 2 is 2.00 bits per heavy atom. The highest BCUT2D eigenvalue weighted by Crippen LogP contribution is 2.26. The van der Waals surface area contributed by atoms with Crippen molar-refractivity contribution in [3.8, 4) is 0 Å². The Labute approximate surface area is 156 Å². The molecule has 4 rings (SSSR count). The minimum atomic E-state index is -0.349. The van der Waals surface area contributed by atoms with Crippen LogP contribution in [0, 0.1) is 5.82 Å². The molecule has 0 spiro atoms. The first-order chi connectivity index (χ1) is 13.2. The second-order valence-electron chi connectivity index (χ2n) is 6.38. The molecule has 6 nitrogen and oxygen atoms in total. The third-order valence-corrected chi connectivity index (χ3v) is 4.46. The Hall–Kier alpha value is -3.06. The lowest BCUT2D eigenvalue weighted by Gasteiger charge is -2.28. The van der Waals surface area contributed by atoms with Crippen LogP contribution in [0.1, 0.15) is 5.56 Å². The average Bonchev–Trinajstić information content (AvgIpc) is 2.68. The lowest BCUT2D eigenvalue weighted by atomic mass is 10.1. The van der Waals surface area contributed by atoms with Crippen molar-refractivity contribution in [1.29, 1.82) is 0 Å². The van der Waals surface area contributed by atoms with Crippen LogP contribution in [0.15, 0.2) is 48.8 Å². The van der Waals surface area contributed by atoms with Crippen LogP contribution in [0.25, 0.3) is 10.9 Å². The van der Waals surface area contributed by atoms with E-state index in [2.05, 4.69) is 20.2 Å². The largest absolute Gasteiger partial charge is 0.378 e. The molecule has 0 unspecified atom stereocenters. The number of hydrogen-bond donors (Lipinski definition) is 1. The molecular weight excluding hydrogens is 347 g/mol. The number of carbonyl (C=O) groups is 1. The van der Waals surface area contributed by atoms with Gasteiger partial charge in [0.25, 0.3) is 0 Å². The third kappa shape index (κ3) is 4.03. The number of morpholine rings is 1. The highest BCUT2D eigenvalue weighted by molar-refractivity contribution is 5.96. The van der Waals surface area contributed by atoms with Crippen molar-refractivity contribution in [1.82, 2.24) is 9.97 Å². The van der Waals surface area contributed by atoms with Crippen LogP contribution in [0.5, 0.6) is 0 Å². The average molecular weight is 366 g/mol. The lowest BCUT2D eigenvalue weighted by molar-refractivity contribution is -0.115. The molecular formula is C20H19FN4O2. The van der Waals surface area contributed by atoms with Crippen molar-refractivity contribution < 1.29 is 13.9 Å². The molecule has 0 atom stereocenters. The summed E-state index contributed by atoms with van der Waals surface area (Å²) in [6, 6.07) is 11.6. The highest BCUT2D eigenvalue weighted by atomic mass is 19.1. The number of nitrogens with one attached hydrogen (secondary N) is 1. The van der Waals surface area contributed by atoms with Crippen molar-refractivity contribution in [2.75, 3.05) is 36.5 Å². The number of benzene rings is 2. The summed E-state index contributed by atoms with van der Waals surface area (Å²) in [6.07, 6.45) is 1.64. The first kappa shape index (κ1) is 17.4. The molecule has 138 valence electrons. The van der Waals surface area contributed by atoms with Crippen molar-refractivity contribution in [2.24, 2.45) is 0 Å². The zero-order valence-electron chi connectivity index (χ0n) is 14.7. The number of nitrogens with zero attached hydrogens (tertiary/aromatic N) is 3. The predicted octanol–water partition coefficient (Wildman–Crippen LogP) is 2.79. The molecule has 1 fully saturated rings. The Balaban J connectivity index is 1.52. The highest BCUT2D eigenvalue weighted by Gasteiger charge is 2.16. The zero-order chi connectivity index (χ0) is 18.6. The maximum absolute atomic E-state index is 13.3. The Kier molecular flexibility index (Phi) is 4.93. The topological polar surface area (TPSA) is 67.4 Å². The molecule has 1 N–H and O–H groups in total. The molecule has 7 heteroatoms. The van der Waals surface area contributed by atoms with Gasteiger partial charge in [0.1, 0.15) is 18.0 Å². The predicted molar refractivity (Wildman–Crippen MR) is 101 cm³/mol. The summed E-state index contributed by atoms with van der Waals surface area (Å²) in [5, 5.41) is 3.78. The molecule has 1 amide bonds. The van der Waals surface area contributed by atoms with Crippen LogP contribution in [-0.2, 0) is 16.0 Å².